The van der Waals surface area contributed by atoms with Gasteiger partial charge < -0.3 is 10.2 Å². The van der Waals surface area contributed by atoms with Crippen LogP contribution in [-0.4, -0.2) is 40.0 Å². The third kappa shape index (κ3) is 3.37. The van der Waals surface area contributed by atoms with E-state index < -0.39 is 5.60 Å². The van der Waals surface area contributed by atoms with Crippen molar-refractivity contribution in [2.45, 2.75) is 31.4 Å². The van der Waals surface area contributed by atoms with E-state index in [0.29, 0.717) is 30.2 Å². The van der Waals surface area contributed by atoms with Gasteiger partial charge in [0.15, 0.2) is 5.78 Å². The number of rotatable bonds is 4. The predicted octanol–water partition coefficient (Wildman–Crippen LogP) is 3.33. The lowest BCUT2D eigenvalue weighted by molar-refractivity contribution is 0.0297. The molecule has 0 amide bonds. The van der Waals surface area contributed by atoms with E-state index >= 15 is 0 Å². The van der Waals surface area contributed by atoms with Crippen LogP contribution in [0.15, 0.2) is 48.5 Å². The zero-order valence-corrected chi connectivity index (χ0v) is 15.3. The molecule has 2 aromatic carbocycles. The van der Waals surface area contributed by atoms with Crippen LogP contribution >= 0.6 is 0 Å². The molecule has 27 heavy (non-hydrogen) atoms. The lowest BCUT2D eigenvalue weighted by Crippen LogP contribution is -2.39. The van der Waals surface area contributed by atoms with Crippen molar-refractivity contribution in [1.29, 1.82) is 0 Å². The van der Waals surface area contributed by atoms with E-state index in [4.69, 9.17) is 0 Å². The topological polar surface area (TPSA) is 60.8 Å². The van der Waals surface area contributed by atoms with Gasteiger partial charge in [-0.1, -0.05) is 12.1 Å². The highest BCUT2D eigenvalue weighted by molar-refractivity contribution is 5.99. The maximum absolute atomic E-state index is 13.2. The first-order valence-electron chi connectivity index (χ1n) is 9.41. The summed E-state index contributed by atoms with van der Waals surface area (Å²) >= 11 is 0. The second-order valence-electron chi connectivity index (χ2n) is 8.01. The Hall–Kier alpha value is -2.24. The van der Waals surface area contributed by atoms with Crippen molar-refractivity contribution in [3.8, 4) is 5.75 Å². The Labute approximate surface area is 158 Å². The summed E-state index contributed by atoms with van der Waals surface area (Å²) in [7, 11) is 0. The van der Waals surface area contributed by atoms with Gasteiger partial charge in [-0.15, -0.1) is 0 Å². The molecule has 142 valence electrons. The number of hydrogen-bond donors (Lipinski definition) is 2. The van der Waals surface area contributed by atoms with Crippen LogP contribution in [0.3, 0.4) is 0 Å². The number of aromatic hydroxyl groups is 1. The van der Waals surface area contributed by atoms with Crippen LogP contribution in [0.25, 0.3) is 0 Å². The van der Waals surface area contributed by atoms with E-state index in [2.05, 4.69) is 4.90 Å². The molecule has 2 aliphatic rings. The molecule has 2 aromatic rings. The van der Waals surface area contributed by atoms with Crippen molar-refractivity contribution >= 4 is 5.78 Å². The summed E-state index contributed by atoms with van der Waals surface area (Å²) in [5, 5.41) is 20.5. The van der Waals surface area contributed by atoms with Gasteiger partial charge >= 0.3 is 0 Å². The number of Topliss-reactive ketones (excluding diaryl/α,β-unsaturated/α-hetero) is 1. The Balaban J connectivity index is 1.42. The number of carbonyl (C=O) groups excluding carboxylic acids is 1. The van der Waals surface area contributed by atoms with Crippen molar-refractivity contribution in [1.82, 2.24) is 4.90 Å². The van der Waals surface area contributed by atoms with E-state index in [1.54, 1.807) is 24.3 Å². The Kier molecular flexibility index (Phi) is 4.52. The summed E-state index contributed by atoms with van der Waals surface area (Å²) in [4.78, 5) is 14.9. The minimum atomic E-state index is -0.903. The Bertz CT molecular complexity index is 820. The summed E-state index contributed by atoms with van der Waals surface area (Å²) in [6.07, 6.45) is 1.28. The zero-order chi connectivity index (χ0) is 19.2. The highest BCUT2D eigenvalue weighted by Gasteiger charge is 2.50. The molecule has 2 unspecified atom stereocenters. The minimum absolute atomic E-state index is 0.0452. The standard InChI is InChI=1S/C22H24FNO3/c1-14(21(26)15-2-8-20(25)9-3-15)24-12-16-10-22(27,11-17(16)13-24)18-4-6-19(23)7-5-18/h2-9,14,16-17,25,27H,10-13H2,1H3/t14?,16-,17+,22?. The monoisotopic (exact) mass is 369 g/mol. The third-order valence-electron chi connectivity index (χ3n) is 6.27. The number of phenols is 1. The molecule has 0 radical (unpaired) electrons. The molecule has 1 aliphatic heterocycles. The van der Waals surface area contributed by atoms with Gasteiger partial charge in [-0.05, 0) is 73.6 Å². The van der Waals surface area contributed by atoms with E-state index in [0.717, 1.165) is 18.7 Å². The minimum Gasteiger partial charge on any atom is -0.508 e. The second-order valence-corrected chi connectivity index (χ2v) is 8.01. The molecule has 2 fully saturated rings. The third-order valence-corrected chi connectivity index (χ3v) is 6.27. The lowest BCUT2D eigenvalue weighted by Gasteiger charge is -2.28. The van der Waals surface area contributed by atoms with Gasteiger partial charge in [0.25, 0.3) is 0 Å². The maximum atomic E-state index is 13.2. The van der Waals surface area contributed by atoms with Crippen LogP contribution in [0.4, 0.5) is 4.39 Å². The number of ketones is 1. The Morgan fingerprint density at radius 3 is 2.19 bits per heavy atom. The number of phenolic OH excluding ortho intramolecular Hbond substituents is 1. The molecule has 5 heteroatoms. The largest absolute Gasteiger partial charge is 0.508 e. The predicted molar refractivity (Wildman–Crippen MR) is 100.0 cm³/mol. The normalized spacial score (nSPS) is 28.9. The Morgan fingerprint density at radius 1 is 1.07 bits per heavy atom. The zero-order valence-electron chi connectivity index (χ0n) is 15.3. The number of halogens is 1. The average Bonchev–Trinajstić information content (AvgIpc) is 3.17. The fraction of sp³-hybridized carbons (Fsp3) is 0.409. The lowest BCUT2D eigenvalue weighted by atomic mass is 9.90. The molecule has 0 spiro atoms. The van der Waals surface area contributed by atoms with Crippen molar-refractivity contribution < 1.29 is 19.4 Å². The summed E-state index contributed by atoms with van der Waals surface area (Å²) in [5.74, 6) is 0.553. The molecule has 2 N–H and O–H groups in total. The number of benzene rings is 2. The maximum Gasteiger partial charge on any atom is 0.179 e. The average molecular weight is 369 g/mol. The van der Waals surface area contributed by atoms with Gasteiger partial charge in [-0.25, -0.2) is 4.39 Å². The van der Waals surface area contributed by atoms with Crippen LogP contribution in [0.1, 0.15) is 35.7 Å². The molecule has 1 heterocycles. The first-order valence-corrected chi connectivity index (χ1v) is 9.41. The van der Waals surface area contributed by atoms with Gasteiger partial charge in [-0.3, -0.25) is 9.69 Å². The highest BCUT2D eigenvalue weighted by atomic mass is 19.1. The number of nitrogens with zero attached hydrogens (tertiary/aromatic N) is 1. The molecule has 4 nitrogen and oxygen atoms in total. The van der Waals surface area contributed by atoms with E-state index in [1.165, 1.54) is 24.3 Å². The molecule has 0 bridgehead atoms. The van der Waals surface area contributed by atoms with Crippen LogP contribution in [-0.2, 0) is 5.60 Å². The summed E-state index contributed by atoms with van der Waals surface area (Å²) in [6, 6.07) is 12.3. The van der Waals surface area contributed by atoms with Crippen LogP contribution in [0.5, 0.6) is 5.75 Å². The molecular formula is C22H24FNO3. The first-order chi connectivity index (χ1) is 12.9. The highest BCUT2D eigenvalue weighted by Crippen LogP contribution is 2.49. The SMILES string of the molecule is CC(C(=O)c1ccc(O)cc1)N1C[C@@H]2CC(O)(c3ccc(F)cc3)C[C@@H]2C1. The van der Waals surface area contributed by atoms with Gasteiger partial charge in [-0.2, -0.15) is 0 Å². The van der Waals surface area contributed by atoms with Crippen molar-refractivity contribution in [2.75, 3.05) is 13.1 Å². The van der Waals surface area contributed by atoms with Crippen molar-refractivity contribution in [3.05, 3.63) is 65.5 Å². The molecule has 4 atom stereocenters. The smallest absolute Gasteiger partial charge is 0.179 e. The second kappa shape index (κ2) is 6.73. The van der Waals surface area contributed by atoms with Gasteiger partial charge in [0, 0.05) is 18.7 Å². The number of fused-ring (bicyclic) bond motifs is 1. The number of carbonyl (C=O) groups is 1. The van der Waals surface area contributed by atoms with Crippen molar-refractivity contribution in [2.24, 2.45) is 11.8 Å². The van der Waals surface area contributed by atoms with E-state index in [1.807, 2.05) is 6.92 Å². The fourth-order valence-electron chi connectivity index (χ4n) is 4.73. The Morgan fingerprint density at radius 2 is 1.63 bits per heavy atom. The molecule has 1 saturated carbocycles. The fourth-order valence-corrected chi connectivity index (χ4v) is 4.73. The number of likely N-dealkylation sites (tertiary alicyclic amines) is 1. The van der Waals surface area contributed by atoms with E-state index in [-0.39, 0.29) is 23.4 Å². The number of aliphatic hydroxyl groups is 1. The molecular weight excluding hydrogens is 345 g/mol. The molecule has 1 saturated heterocycles. The molecule has 0 aromatic heterocycles. The first kappa shape index (κ1) is 18.1. The van der Waals surface area contributed by atoms with Crippen LogP contribution in [0, 0.1) is 17.7 Å². The van der Waals surface area contributed by atoms with Gasteiger partial charge in [0.1, 0.15) is 11.6 Å². The quantitative estimate of drug-likeness (QED) is 0.812. The summed E-state index contributed by atoms with van der Waals surface area (Å²) in [5.41, 5.74) is 0.470. The summed E-state index contributed by atoms with van der Waals surface area (Å²) in [6.45, 7) is 3.47. The summed E-state index contributed by atoms with van der Waals surface area (Å²) < 4.78 is 13.2. The van der Waals surface area contributed by atoms with Crippen LogP contribution in [0.2, 0.25) is 0 Å². The van der Waals surface area contributed by atoms with Crippen LogP contribution < -0.4 is 0 Å². The van der Waals surface area contributed by atoms with Gasteiger partial charge in [0.05, 0.1) is 11.6 Å². The van der Waals surface area contributed by atoms with Gasteiger partial charge in [0.2, 0.25) is 0 Å². The number of hydrogen-bond acceptors (Lipinski definition) is 4. The van der Waals surface area contributed by atoms with E-state index in [9.17, 15) is 19.4 Å². The molecule has 4 rings (SSSR count). The van der Waals surface area contributed by atoms with Crippen molar-refractivity contribution in [3.63, 3.8) is 0 Å². The molecule has 1 aliphatic carbocycles.